The molecule has 5 heteroatoms. The Morgan fingerprint density at radius 3 is 2.81 bits per heavy atom. The number of nitrogens with one attached hydrogen (secondary N) is 2. The van der Waals surface area contributed by atoms with Crippen molar-refractivity contribution < 1.29 is 0 Å². The minimum Gasteiger partial charge on any atom is -0.333 e. The number of guanidine groups is 1. The zero-order chi connectivity index (χ0) is 15.5. The van der Waals surface area contributed by atoms with Gasteiger partial charge in [-0.15, -0.1) is 0 Å². The van der Waals surface area contributed by atoms with Crippen LogP contribution in [0.15, 0.2) is 35.5 Å². The van der Waals surface area contributed by atoms with Crippen molar-refractivity contribution in [1.82, 2.24) is 10.2 Å². The van der Waals surface area contributed by atoms with E-state index in [-0.39, 0.29) is 0 Å². The van der Waals surface area contributed by atoms with E-state index >= 15 is 0 Å². The molecule has 114 valence electrons. The average Bonchev–Trinajstić information content (AvgIpc) is 2.41. The average molecular weight is 287 g/mol. The van der Waals surface area contributed by atoms with Crippen LogP contribution in [0.4, 0.5) is 5.69 Å². The van der Waals surface area contributed by atoms with Crippen LogP contribution in [0, 0.1) is 13.8 Å². The van der Waals surface area contributed by atoms with E-state index < -0.39 is 5.66 Å². The van der Waals surface area contributed by atoms with Crippen molar-refractivity contribution >= 4 is 11.6 Å². The highest BCUT2D eigenvalue weighted by Gasteiger charge is 2.24. The number of nitrogens with zero attached hydrogens (tertiary/aromatic N) is 2. The molecule has 1 unspecified atom stereocenters. The summed E-state index contributed by atoms with van der Waals surface area (Å²) < 4.78 is 0. The third-order valence-corrected chi connectivity index (χ3v) is 3.52. The van der Waals surface area contributed by atoms with E-state index in [1.165, 1.54) is 11.1 Å². The number of anilines is 1. The lowest BCUT2D eigenvalue weighted by Gasteiger charge is -2.28. The molecule has 0 spiro atoms. The van der Waals surface area contributed by atoms with Gasteiger partial charge in [-0.3, -0.25) is 0 Å². The molecule has 0 aliphatic carbocycles. The van der Waals surface area contributed by atoms with Gasteiger partial charge in [0.1, 0.15) is 5.66 Å². The van der Waals surface area contributed by atoms with Crippen molar-refractivity contribution in [2.75, 3.05) is 26.0 Å². The lowest BCUT2D eigenvalue weighted by atomic mass is 10.1. The summed E-state index contributed by atoms with van der Waals surface area (Å²) in [5, 5.41) is 6.45. The summed E-state index contributed by atoms with van der Waals surface area (Å²) in [6.07, 6.45) is 4.54. The second-order valence-corrected chi connectivity index (χ2v) is 5.93. The Balaban J connectivity index is 2.12. The summed E-state index contributed by atoms with van der Waals surface area (Å²) in [6.45, 7) is 5.04. The molecule has 4 N–H and O–H groups in total. The van der Waals surface area contributed by atoms with E-state index in [1.807, 2.05) is 26.4 Å². The van der Waals surface area contributed by atoms with Crippen molar-refractivity contribution in [2.24, 2.45) is 10.7 Å². The van der Waals surface area contributed by atoms with Gasteiger partial charge in [-0.05, 0) is 51.2 Å². The van der Waals surface area contributed by atoms with Crippen molar-refractivity contribution in [1.29, 1.82) is 0 Å². The number of aliphatic imine (C=N–C) groups is 1. The zero-order valence-electron chi connectivity index (χ0n) is 13.3. The third kappa shape index (κ3) is 4.31. The van der Waals surface area contributed by atoms with Gasteiger partial charge in [0.05, 0.1) is 0 Å². The Morgan fingerprint density at radius 1 is 1.33 bits per heavy atom. The lowest BCUT2D eigenvalue weighted by Crippen LogP contribution is -2.45. The maximum Gasteiger partial charge on any atom is 0.202 e. The molecule has 0 bridgehead atoms. The molecule has 1 heterocycles. The van der Waals surface area contributed by atoms with Gasteiger partial charge in [0.2, 0.25) is 5.96 Å². The summed E-state index contributed by atoms with van der Waals surface area (Å²) in [5.41, 5.74) is 9.12. The first-order valence-corrected chi connectivity index (χ1v) is 7.20. The summed E-state index contributed by atoms with van der Waals surface area (Å²) in [7, 11) is 4.07. The summed E-state index contributed by atoms with van der Waals surface area (Å²) in [5.74, 6) is 0.687. The topological polar surface area (TPSA) is 65.7 Å². The molecule has 5 nitrogen and oxygen atoms in total. The van der Waals surface area contributed by atoms with E-state index in [9.17, 15) is 0 Å². The van der Waals surface area contributed by atoms with Gasteiger partial charge in [-0.2, -0.15) is 0 Å². The molecule has 1 aliphatic rings. The molecule has 0 aromatic heterocycles. The van der Waals surface area contributed by atoms with Crippen LogP contribution in [-0.4, -0.2) is 37.2 Å². The number of aryl methyl sites for hydroxylation is 2. The Hall–Kier alpha value is -1.85. The van der Waals surface area contributed by atoms with Crippen LogP contribution in [0.25, 0.3) is 0 Å². The van der Waals surface area contributed by atoms with Gasteiger partial charge >= 0.3 is 0 Å². The van der Waals surface area contributed by atoms with Crippen molar-refractivity contribution in [2.45, 2.75) is 25.9 Å². The molecule has 2 rings (SSSR count). The van der Waals surface area contributed by atoms with E-state index in [1.54, 1.807) is 0 Å². The van der Waals surface area contributed by atoms with Crippen LogP contribution in [0.5, 0.6) is 0 Å². The lowest BCUT2D eigenvalue weighted by molar-refractivity contribution is 0.352. The smallest absolute Gasteiger partial charge is 0.202 e. The summed E-state index contributed by atoms with van der Waals surface area (Å²) in [6, 6.07) is 6.30. The van der Waals surface area contributed by atoms with Crippen LogP contribution in [-0.2, 0) is 0 Å². The molecule has 0 fully saturated rings. The first kappa shape index (κ1) is 15.5. The van der Waals surface area contributed by atoms with E-state index in [4.69, 9.17) is 5.73 Å². The van der Waals surface area contributed by atoms with Crippen LogP contribution >= 0.6 is 0 Å². The van der Waals surface area contributed by atoms with Crippen LogP contribution < -0.4 is 16.4 Å². The Bertz CT molecular complexity index is 562. The molecular formula is C16H25N5. The normalized spacial score (nSPS) is 21.1. The third-order valence-electron chi connectivity index (χ3n) is 3.52. The first-order valence-electron chi connectivity index (χ1n) is 7.20. The van der Waals surface area contributed by atoms with Crippen LogP contribution in [0.2, 0.25) is 0 Å². The quantitative estimate of drug-likeness (QED) is 0.790. The van der Waals surface area contributed by atoms with Crippen LogP contribution in [0.3, 0.4) is 0 Å². The minimum absolute atomic E-state index is 0.657. The zero-order valence-corrected chi connectivity index (χ0v) is 13.3. The summed E-state index contributed by atoms with van der Waals surface area (Å²) in [4.78, 5) is 6.72. The molecule has 0 saturated heterocycles. The van der Waals surface area contributed by atoms with Crippen LogP contribution in [0.1, 0.15) is 17.5 Å². The van der Waals surface area contributed by atoms with Gasteiger partial charge in [-0.1, -0.05) is 12.1 Å². The van der Waals surface area contributed by atoms with Crippen molar-refractivity contribution in [3.8, 4) is 0 Å². The monoisotopic (exact) mass is 287 g/mol. The highest BCUT2D eigenvalue weighted by molar-refractivity contribution is 5.95. The van der Waals surface area contributed by atoms with Gasteiger partial charge in [0, 0.05) is 24.9 Å². The molecule has 1 aromatic rings. The van der Waals surface area contributed by atoms with E-state index in [0.29, 0.717) is 5.96 Å². The summed E-state index contributed by atoms with van der Waals surface area (Å²) >= 11 is 0. The minimum atomic E-state index is -0.657. The SMILES string of the molecule is Cc1ccc(C)c(NC2=NC(N)(CCN(C)C)C=CN2)c1. The Morgan fingerprint density at radius 2 is 2.10 bits per heavy atom. The number of rotatable bonds is 4. The first-order chi connectivity index (χ1) is 9.88. The van der Waals surface area contributed by atoms with Gasteiger partial charge in [0.15, 0.2) is 0 Å². The maximum absolute atomic E-state index is 6.34. The predicted octanol–water partition coefficient (Wildman–Crippen LogP) is 1.79. The molecular weight excluding hydrogens is 262 g/mol. The van der Waals surface area contributed by atoms with Gasteiger partial charge in [0.25, 0.3) is 0 Å². The second kappa shape index (κ2) is 6.28. The van der Waals surface area contributed by atoms with E-state index in [2.05, 4.69) is 52.6 Å². The number of benzene rings is 1. The molecule has 21 heavy (non-hydrogen) atoms. The van der Waals surface area contributed by atoms with Gasteiger partial charge in [-0.25, -0.2) is 4.99 Å². The largest absolute Gasteiger partial charge is 0.333 e. The number of hydrogen-bond donors (Lipinski definition) is 3. The fourth-order valence-electron chi connectivity index (χ4n) is 2.15. The number of nitrogens with two attached hydrogens (primary N) is 1. The fraction of sp³-hybridized carbons (Fsp3) is 0.438. The fourth-order valence-corrected chi connectivity index (χ4v) is 2.15. The van der Waals surface area contributed by atoms with Crippen molar-refractivity contribution in [3.63, 3.8) is 0 Å². The molecule has 1 aromatic carbocycles. The maximum atomic E-state index is 6.34. The molecule has 0 amide bonds. The number of hydrogen-bond acceptors (Lipinski definition) is 5. The Kier molecular flexibility index (Phi) is 4.65. The molecule has 1 atom stereocenters. The molecule has 1 aliphatic heterocycles. The standard InChI is InChI=1S/C16H25N5/c1-12-5-6-13(2)14(11-12)19-15-18-9-7-16(17,20-15)8-10-21(3)4/h5-7,9,11H,8,10,17H2,1-4H3,(H2,18,19,20). The van der Waals surface area contributed by atoms with Crippen molar-refractivity contribution in [3.05, 3.63) is 41.6 Å². The second-order valence-electron chi connectivity index (χ2n) is 5.93. The Labute approximate surface area is 126 Å². The highest BCUT2D eigenvalue weighted by atomic mass is 15.2. The molecule has 0 saturated carbocycles. The molecule has 0 radical (unpaired) electrons. The predicted molar refractivity (Wildman–Crippen MR) is 89.3 cm³/mol. The highest BCUT2D eigenvalue weighted by Crippen LogP contribution is 2.19. The van der Waals surface area contributed by atoms with Gasteiger partial charge < -0.3 is 21.3 Å². The van der Waals surface area contributed by atoms with E-state index in [0.717, 1.165) is 18.7 Å².